The van der Waals surface area contributed by atoms with Crippen molar-refractivity contribution in [2.75, 3.05) is 0 Å². The van der Waals surface area contributed by atoms with Crippen molar-refractivity contribution in [2.45, 2.75) is 33.6 Å². The van der Waals surface area contributed by atoms with Crippen LogP contribution in [0.3, 0.4) is 0 Å². The number of nitrogens with zero attached hydrogens (tertiary/aromatic N) is 2. The highest BCUT2D eigenvalue weighted by Gasteiger charge is 2.13. The number of aromatic nitrogens is 2. The molecule has 2 aromatic rings. The van der Waals surface area contributed by atoms with Gasteiger partial charge in [-0.1, -0.05) is 24.9 Å². The molecule has 2 rings (SSSR count). The van der Waals surface area contributed by atoms with Crippen LogP contribution in [0.15, 0.2) is 18.3 Å². The van der Waals surface area contributed by atoms with Crippen LogP contribution in [0.5, 0.6) is 5.75 Å². The van der Waals surface area contributed by atoms with Crippen LogP contribution >= 0.6 is 11.6 Å². The standard InChI is InChI=1S/C15H17ClN2O/c1-4-5-11-8-17-10(3)18-15(11)12-7-13(16)14(19)6-9(12)2/h6-8,19H,4-5H2,1-3H3. The van der Waals surface area contributed by atoms with Gasteiger partial charge in [0.15, 0.2) is 0 Å². The highest BCUT2D eigenvalue weighted by atomic mass is 35.5. The Bertz CT molecular complexity index is 611. The summed E-state index contributed by atoms with van der Waals surface area (Å²) >= 11 is 6.01. The number of aryl methyl sites for hydroxylation is 3. The molecular formula is C15H17ClN2O. The Morgan fingerprint density at radius 2 is 2.00 bits per heavy atom. The van der Waals surface area contributed by atoms with Gasteiger partial charge in [0.25, 0.3) is 0 Å². The second-order valence-electron chi connectivity index (χ2n) is 4.66. The number of phenolic OH excluding ortho intramolecular Hbond substituents is 1. The number of hydrogen-bond donors (Lipinski definition) is 1. The lowest BCUT2D eigenvalue weighted by Crippen LogP contribution is -1.99. The molecule has 0 amide bonds. The fourth-order valence-corrected chi connectivity index (χ4v) is 2.27. The van der Waals surface area contributed by atoms with E-state index in [0.717, 1.165) is 41.1 Å². The van der Waals surface area contributed by atoms with Crippen molar-refractivity contribution in [3.63, 3.8) is 0 Å². The molecule has 0 fully saturated rings. The van der Waals surface area contributed by atoms with Crippen LogP contribution in [0.2, 0.25) is 5.02 Å². The Hall–Kier alpha value is -1.61. The molecular weight excluding hydrogens is 260 g/mol. The van der Waals surface area contributed by atoms with Gasteiger partial charge in [0, 0.05) is 11.8 Å². The average Bonchev–Trinajstić information content (AvgIpc) is 2.36. The Morgan fingerprint density at radius 3 is 2.68 bits per heavy atom. The molecule has 0 atom stereocenters. The molecule has 0 radical (unpaired) electrons. The molecule has 100 valence electrons. The fraction of sp³-hybridized carbons (Fsp3) is 0.333. The summed E-state index contributed by atoms with van der Waals surface area (Å²) in [6, 6.07) is 3.44. The molecule has 19 heavy (non-hydrogen) atoms. The van der Waals surface area contributed by atoms with Crippen molar-refractivity contribution < 1.29 is 5.11 Å². The molecule has 0 saturated heterocycles. The lowest BCUT2D eigenvalue weighted by atomic mass is 9.99. The summed E-state index contributed by atoms with van der Waals surface area (Å²) < 4.78 is 0. The molecule has 0 saturated carbocycles. The van der Waals surface area contributed by atoms with E-state index in [4.69, 9.17) is 11.6 Å². The summed E-state index contributed by atoms with van der Waals surface area (Å²) in [5.41, 5.74) is 3.93. The summed E-state index contributed by atoms with van der Waals surface area (Å²) in [7, 11) is 0. The smallest absolute Gasteiger partial charge is 0.134 e. The third-order valence-electron chi connectivity index (χ3n) is 3.05. The summed E-state index contributed by atoms with van der Waals surface area (Å²) in [6.07, 6.45) is 3.83. The molecule has 0 unspecified atom stereocenters. The molecule has 0 aliphatic rings. The molecule has 1 N–H and O–H groups in total. The lowest BCUT2D eigenvalue weighted by molar-refractivity contribution is 0.475. The van der Waals surface area contributed by atoms with Crippen molar-refractivity contribution in [1.29, 1.82) is 0 Å². The van der Waals surface area contributed by atoms with Gasteiger partial charge in [0.2, 0.25) is 0 Å². The number of phenols is 1. The van der Waals surface area contributed by atoms with Gasteiger partial charge in [-0.15, -0.1) is 0 Å². The van der Waals surface area contributed by atoms with Crippen molar-refractivity contribution in [3.05, 3.63) is 40.3 Å². The lowest BCUT2D eigenvalue weighted by Gasteiger charge is -2.12. The van der Waals surface area contributed by atoms with E-state index in [-0.39, 0.29) is 5.75 Å². The van der Waals surface area contributed by atoms with Gasteiger partial charge < -0.3 is 5.11 Å². The minimum Gasteiger partial charge on any atom is -0.506 e. The second kappa shape index (κ2) is 5.57. The van der Waals surface area contributed by atoms with Crippen molar-refractivity contribution in [3.8, 4) is 17.0 Å². The van der Waals surface area contributed by atoms with E-state index >= 15 is 0 Å². The summed E-state index contributed by atoms with van der Waals surface area (Å²) in [5.74, 6) is 0.837. The van der Waals surface area contributed by atoms with Crippen molar-refractivity contribution in [1.82, 2.24) is 9.97 Å². The molecule has 0 aliphatic heterocycles. The van der Waals surface area contributed by atoms with Crippen LogP contribution in [-0.4, -0.2) is 15.1 Å². The van der Waals surface area contributed by atoms with Gasteiger partial charge in [-0.25, -0.2) is 9.97 Å². The first-order chi connectivity index (χ1) is 9.02. The summed E-state index contributed by atoms with van der Waals surface area (Å²) in [5, 5.41) is 9.98. The molecule has 1 aromatic carbocycles. The highest BCUT2D eigenvalue weighted by molar-refractivity contribution is 6.32. The van der Waals surface area contributed by atoms with Gasteiger partial charge in [0.05, 0.1) is 10.7 Å². The zero-order valence-corrected chi connectivity index (χ0v) is 12.1. The Labute approximate surface area is 118 Å². The van der Waals surface area contributed by atoms with E-state index in [1.54, 1.807) is 12.1 Å². The third-order valence-corrected chi connectivity index (χ3v) is 3.36. The van der Waals surface area contributed by atoms with E-state index in [0.29, 0.717) is 5.02 Å². The van der Waals surface area contributed by atoms with E-state index in [2.05, 4.69) is 16.9 Å². The molecule has 4 heteroatoms. The normalized spacial score (nSPS) is 10.7. The van der Waals surface area contributed by atoms with Gasteiger partial charge in [0.1, 0.15) is 11.6 Å². The van der Waals surface area contributed by atoms with Crippen LogP contribution in [0.4, 0.5) is 0 Å². The number of rotatable bonds is 3. The first kappa shape index (κ1) is 13.8. The maximum atomic E-state index is 9.63. The largest absolute Gasteiger partial charge is 0.506 e. The van der Waals surface area contributed by atoms with Gasteiger partial charge >= 0.3 is 0 Å². The van der Waals surface area contributed by atoms with E-state index in [9.17, 15) is 5.11 Å². The van der Waals surface area contributed by atoms with Crippen LogP contribution in [0, 0.1) is 13.8 Å². The third kappa shape index (κ3) is 2.87. The van der Waals surface area contributed by atoms with E-state index in [1.807, 2.05) is 20.0 Å². The van der Waals surface area contributed by atoms with Crippen LogP contribution < -0.4 is 0 Å². The zero-order valence-electron chi connectivity index (χ0n) is 11.4. The molecule has 1 aromatic heterocycles. The van der Waals surface area contributed by atoms with E-state index in [1.165, 1.54) is 0 Å². The molecule has 1 heterocycles. The molecule has 0 bridgehead atoms. The number of benzene rings is 1. The monoisotopic (exact) mass is 276 g/mol. The summed E-state index contributed by atoms with van der Waals surface area (Å²) in [6.45, 7) is 5.94. The Balaban J connectivity index is 2.63. The number of halogens is 1. The maximum Gasteiger partial charge on any atom is 0.134 e. The molecule has 0 spiro atoms. The predicted octanol–water partition coefficient (Wildman–Crippen LogP) is 4.07. The zero-order chi connectivity index (χ0) is 14.0. The average molecular weight is 277 g/mol. The van der Waals surface area contributed by atoms with Crippen LogP contribution in [-0.2, 0) is 6.42 Å². The first-order valence-electron chi connectivity index (χ1n) is 6.35. The number of aromatic hydroxyl groups is 1. The predicted molar refractivity (Wildman–Crippen MR) is 77.6 cm³/mol. The first-order valence-corrected chi connectivity index (χ1v) is 6.72. The quantitative estimate of drug-likeness (QED) is 0.919. The topological polar surface area (TPSA) is 46.0 Å². The van der Waals surface area contributed by atoms with Gasteiger partial charge in [-0.05, 0) is 43.5 Å². The van der Waals surface area contributed by atoms with Crippen LogP contribution in [0.25, 0.3) is 11.3 Å². The SMILES string of the molecule is CCCc1cnc(C)nc1-c1cc(Cl)c(O)cc1C. The van der Waals surface area contributed by atoms with Crippen LogP contribution in [0.1, 0.15) is 30.3 Å². The second-order valence-corrected chi connectivity index (χ2v) is 5.07. The fourth-order valence-electron chi connectivity index (χ4n) is 2.10. The Kier molecular flexibility index (Phi) is 4.05. The van der Waals surface area contributed by atoms with Crippen molar-refractivity contribution >= 4 is 11.6 Å². The van der Waals surface area contributed by atoms with Crippen molar-refractivity contribution in [2.24, 2.45) is 0 Å². The highest BCUT2D eigenvalue weighted by Crippen LogP contribution is 2.33. The maximum absolute atomic E-state index is 9.63. The molecule has 3 nitrogen and oxygen atoms in total. The Morgan fingerprint density at radius 1 is 1.26 bits per heavy atom. The minimum absolute atomic E-state index is 0.103. The van der Waals surface area contributed by atoms with Gasteiger partial charge in [-0.3, -0.25) is 0 Å². The minimum atomic E-state index is 0.103. The summed E-state index contributed by atoms with van der Waals surface area (Å²) in [4.78, 5) is 8.80. The number of hydrogen-bond acceptors (Lipinski definition) is 3. The van der Waals surface area contributed by atoms with E-state index < -0.39 is 0 Å². The molecule has 0 aliphatic carbocycles. The van der Waals surface area contributed by atoms with Gasteiger partial charge in [-0.2, -0.15) is 0 Å².